The Kier molecular flexibility index (Phi) is 6.41. The molecule has 148 valence electrons. The predicted octanol–water partition coefficient (Wildman–Crippen LogP) is 5.40. The zero-order valence-electron chi connectivity index (χ0n) is 15.7. The van der Waals surface area contributed by atoms with Gasteiger partial charge >= 0.3 is 5.97 Å². The van der Waals surface area contributed by atoms with Crippen LogP contribution in [0.4, 0.5) is 4.39 Å². The molecule has 0 amide bonds. The third-order valence-electron chi connectivity index (χ3n) is 4.74. The third kappa shape index (κ3) is 4.36. The number of nitrogens with zero attached hydrogens (tertiary/aromatic N) is 1. The summed E-state index contributed by atoms with van der Waals surface area (Å²) in [4.78, 5) is 12.5. The molecule has 0 saturated carbocycles. The number of carbonyl (C=O) groups is 1. The standard InChI is InChI=1S/C22H17BrClFN2O2/c1-12-20(22(28)29-2)21(16-8-7-15(25)10-18(16)24)17(11-26)19(27-12)9-13-3-5-14(23)6-4-13/h3-8,10,21,27H,9H2,1-2H3. The third-order valence-corrected chi connectivity index (χ3v) is 5.59. The summed E-state index contributed by atoms with van der Waals surface area (Å²) < 4.78 is 19.5. The molecule has 0 spiro atoms. The fourth-order valence-corrected chi connectivity index (χ4v) is 3.94. The molecule has 2 aromatic rings. The van der Waals surface area contributed by atoms with Crippen molar-refractivity contribution in [2.24, 2.45) is 0 Å². The van der Waals surface area contributed by atoms with Crippen molar-refractivity contribution in [3.05, 3.63) is 91.4 Å². The highest BCUT2D eigenvalue weighted by Crippen LogP contribution is 2.41. The average molecular weight is 476 g/mol. The van der Waals surface area contributed by atoms with E-state index in [4.69, 9.17) is 16.3 Å². The largest absolute Gasteiger partial charge is 0.466 e. The molecular formula is C22H17BrClFN2O2. The summed E-state index contributed by atoms with van der Waals surface area (Å²) >= 11 is 9.71. The minimum Gasteiger partial charge on any atom is -0.466 e. The molecule has 3 rings (SSSR count). The summed E-state index contributed by atoms with van der Waals surface area (Å²) in [6.07, 6.45) is 0.456. The molecule has 1 aliphatic heterocycles. The fraction of sp³-hybridized carbons (Fsp3) is 0.182. The lowest BCUT2D eigenvalue weighted by molar-refractivity contribution is -0.136. The van der Waals surface area contributed by atoms with E-state index in [0.717, 1.165) is 10.0 Å². The summed E-state index contributed by atoms with van der Waals surface area (Å²) in [6, 6.07) is 13.9. The molecule has 4 nitrogen and oxygen atoms in total. The van der Waals surface area contributed by atoms with Crippen LogP contribution in [0.3, 0.4) is 0 Å². The maximum atomic E-state index is 13.6. The van der Waals surface area contributed by atoms with Gasteiger partial charge in [0.1, 0.15) is 5.82 Å². The SMILES string of the molecule is COC(=O)C1=C(C)NC(Cc2ccc(Br)cc2)=C(C#N)C1c1ccc(F)cc1Cl. The van der Waals surface area contributed by atoms with Crippen LogP contribution in [0.15, 0.2) is 69.5 Å². The molecule has 0 radical (unpaired) electrons. The average Bonchev–Trinajstić information content (AvgIpc) is 2.69. The first-order valence-electron chi connectivity index (χ1n) is 8.74. The van der Waals surface area contributed by atoms with Gasteiger partial charge in [-0.2, -0.15) is 5.26 Å². The predicted molar refractivity (Wildman–Crippen MR) is 112 cm³/mol. The van der Waals surface area contributed by atoms with Crippen molar-refractivity contribution in [1.29, 1.82) is 5.26 Å². The molecule has 29 heavy (non-hydrogen) atoms. The topological polar surface area (TPSA) is 62.1 Å². The number of esters is 1. The lowest BCUT2D eigenvalue weighted by Gasteiger charge is -2.30. The Morgan fingerprint density at radius 3 is 2.59 bits per heavy atom. The van der Waals surface area contributed by atoms with Crippen LogP contribution in [0, 0.1) is 17.1 Å². The van der Waals surface area contributed by atoms with Crippen LogP contribution in [0.2, 0.25) is 5.02 Å². The number of ether oxygens (including phenoxy) is 1. The summed E-state index contributed by atoms with van der Waals surface area (Å²) in [5.74, 6) is -1.83. The number of hydrogen-bond donors (Lipinski definition) is 1. The van der Waals surface area contributed by atoms with E-state index in [9.17, 15) is 14.4 Å². The summed E-state index contributed by atoms with van der Waals surface area (Å²) in [7, 11) is 1.28. The number of hydrogen-bond acceptors (Lipinski definition) is 4. The Bertz CT molecular complexity index is 1070. The molecule has 1 heterocycles. The summed E-state index contributed by atoms with van der Waals surface area (Å²) in [5, 5.41) is 13.3. The van der Waals surface area contributed by atoms with Crippen molar-refractivity contribution in [1.82, 2.24) is 5.32 Å². The van der Waals surface area contributed by atoms with Crippen LogP contribution in [0.25, 0.3) is 0 Å². The van der Waals surface area contributed by atoms with Gasteiger partial charge in [0, 0.05) is 27.3 Å². The molecule has 1 atom stereocenters. The highest BCUT2D eigenvalue weighted by molar-refractivity contribution is 9.10. The maximum Gasteiger partial charge on any atom is 0.336 e. The van der Waals surface area contributed by atoms with Crippen LogP contribution in [-0.4, -0.2) is 13.1 Å². The zero-order valence-corrected chi connectivity index (χ0v) is 18.1. The molecule has 0 fully saturated rings. The van der Waals surface area contributed by atoms with E-state index in [-0.39, 0.29) is 10.6 Å². The molecule has 0 bridgehead atoms. The lowest BCUT2D eigenvalue weighted by Crippen LogP contribution is -2.30. The molecule has 0 aliphatic carbocycles. The van der Waals surface area contributed by atoms with Gasteiger partial charge in [-0.1, -0.05) is 45.7 Å². The Morgan fingerprint density at radius 1 is 1.31 bits per heavy atom. The highest BCUT2D eigenvalue weighted by Gasteiger charge is 2.36. The number of dihydropyridines is 1. The quantitative estimate of drug-likeness (QED) is 0.602. The minimum atomic E-state index is -0.757. The van der Waals surface area contributed by atoms with Gasteiger partial charge in [-0.05, 0) is 42.3 Å². The monoisotopic (exact) mass is 474 g/mol. The molecule has 1 unspecified atom stereocenters. The van der Waals surface area contributed by atoms with Crippen LogP contribution in [0.5, 0.6) is 0 Å². The summed E-state index contributed by atoms with van der Waals surface area (Å²) in [5.41, 5.74) is 3.30. The molecule has 7 heteroatoms. The number of carbonyl (C=O) groups excluding carboxylic acids is 1. The fourth-order valence-electron chi connectivity index (χ4n) is 3.40. The van der Waals surface area contributed by atoms with Gasteiger partial charge in [0.25, 0.3) is 0 Å². The van der Waals surface area contributed by atoms with Crippen LogP contribution in [0.1, 0.15) is 24.0 Å². The van der Waals surface area contributed by atoms with Crippen molar-refractivity contribution >= 4 is 33.5 Å². The van der Waals surface area contributed by atoms with Crippen molar-refractivity contribution in [2.45, 2.75) is 19.3 Å². The van der Waals surface area contributed by atoms with Gasteiger partial charge in [-0.25, -0.2) is 9.18 Å². The zero-order chi connectivity index (χ0) is 21.1. The van der Waals surface area contributed by atoms with Crippen LogP contribution in [-0.2, 0) is 16.0 Å². The van der Waals surface area contributed by atoms with Gasteiger partial charge in [-0.15, -0.1) is 0 Å². The first-order chi connectivity index (χ1) is 13.8. The van der Waals surface area contributed by atoms with Gasteiger partial charge in [0.05, 0.1) is 30.2 Å². The number of rotatable bonds is 4. The molecule has 0 aromatic heterocycles. The number of methoxy groups -OCH3 is 1. The van der Waals surface area contributed by atoms with Gasteiger partial charge < -0.3 is 10.1 Å². The van der Waals surface area contributed by atoms with Gasteiger partial charge in [-0.3, -0.25) is 0 Å². The Labute approximate surface area is 181 Å². The summed E-state index contributed by atoms with van der Waals surface area (Å²) in [6.45, 7) is 1.74. The first-order valence-corrected chi connectivity index (χ1v) is 9.91. The van der Waals surface area contributed by atoms with Crippen molar-refractivity contribution in [3.8, 4) is 6.07 Å². The van der Waals surface area contributed by atoms with E-state index in [0.29, 0.717) is 29.0 Å². The molecule has 2 aromatic carbocycles. The second-order valence-corrected chi connectivity index (χ2v) is 7.88. The van der Waals surface area contributed by atoms with E-state index >= 15 is 0 Å². The van der Waals surface area contributed by atoms with Crippen molar-refractivity contribution in [2.75, 3.05) is 7.11 Å². The number of nitrogens with one attached hydrogen (secondary N) is 1. The first kappa shape index (κ1) is 21.1. The number of nitriles is 1. The maximum absolute atomic E-state index is 13.6. The van der Waals surface area contributed by atoms with Crippen molar-refractivity contribution < 1.29 is 13.9 Å². The number of benzene rings is 2. The number of allylic oxidation sites excluding steroid dienone is 3. The Morgan fingerprint density at radius 2 is 2.00 bits per heavy atom. The van der Waals surface area contributed by atoms with Gasteiger partial charge in [0.2, 0.25) is 0 Å². The van der Waals surface area contributed by atoms with E-state index in [1.807, 2.05) is 24.3 Å². The lowest BCUT2D eigenvalue weighted by atomic mass is 9.80. The smallest absolute Gasteiger partial charge is 0.336 e. The Balaban J connectivity index is 2.16. The minimum absolute atomic E-state index is 0.141. The molecule has 1 N–H and O–H groups in total. The second-order valence-electron chi connectivity index (χ2n) is 6.56. The van der Waals surface area contributed by atoms with Crippen LogP contribution >= 0.6 is 27.5 Å². The second kappa shape index (κ2) is 8.81. The van der Waals surface area contributed by atoms with Crippen molar-refractivity contribution in [3.63, 3.8) is 0 Å². The highest BCUT2D eigenvalue weighted by atomic mass is 79.9. The van der Waals surface area contributed by atoms with Crippen LogP contribution < -0.4 is 5.32 Å². The van der Waals surface area contributed by atoms with E-state index in [1.54, 1.807) is 6.92 Å². The molecule has 0 saturated heterocycles. The molecule has 1 aliphatic rings. The normalized spacial score (nSPS) is 16.3. The van der Waals surface area contributed by atoms with E-state index in [1.165, 1.54) is 25.3 Å². The van der Waals surface area contributed by atoms with E-state index in [2.05, 4.69) is 27.3 Å². The number of halogens is 3. The van der Waals surface area contributed by atoms with E-state index < -0.39 is 17.7 Å². The van der Waals surface area contributed by atoms with Gasteiger partial charge in [0.15, 0.2) is 0 Å². The molecular weight excluding hydrogens is 459 g/mol. The Hall–Kier alpha value is -2.62.